The number of nitrogens with one attached hydrogen (secondary N) is 1. The van der Waals surface area contributed by atoms with Gasteiger partial charge >= 0.3 is 0 Å². The largest absolute Gasteiger partial charge is 0.493 e. The first-order valence-corrected chi connectivity index (χ1v) is 10.3. The smallest absolute Gasteiger partial charge is 0.261 e. The SMILES string of the molecule is CC[C@H](Oc1ccc2ccccc2c1)C(=O)NCc1ccc(OC(C)C)c(OC)c1. The number of rotatable bonds is 9. The fourth-order valence-electron chi connectivity index (χ4n) is 3.20. The Morgan fingerprint density at radius 1 is 0.933 bits per heavy atom. The summed E-state index contributed by atoms with van der Waals surface area (Å²) in [5, 5.41) is 5.18. The molecular formula is C25H29NO4. The van der Waals surface area contributed by atoms with Gasteiger partial charge in [-0.1, -0.05) is 43.3 Å². The van der Waals surface area contributed by atoms with Crippen LogP contribution in [0.15, 0.2) is 60.7 Å². The molecule has 1 amide bonds. The molecule has 5 heteroatoms. The van der Waals surface area contributed by atoms with Gasteiger partial charge in [0.25, 0.3) is 5.91 Å². The molecule has 158 valence electrons. The van der Waals surface area contributed by atoms with Gasteiger partial charge in [0.2, 0.25) is 0 Å². The van der Waals surface area contributed by atoms with Gasteiger partial charge in [0.1, 0.15) is 5.75 Å². The zero-order valence-electron chi connectivity index (χ0n) is 18.0. The van der Waals surface area contributed by atoms with Crippen LogP contribution in [-0.2, 0) is 11.3 Å². The summed E-state index contributed by atoms with van der Waals surface area (Å²) >= 11 is 0. The van der Waals surface area contributed by atoms with E-state index in [1.54, 1.807) is 7.11 Å². The average Bonchev–Trinajstić information content (AvgIpc) is 2.76. The first-order valence-electron chi connectivity index (χ1n) is 10.3. The summed E-state index contributed by atoms with van der Waals surface area (Å²) in [4.78, 5) is 12.7. The lowest BCUT2D eigenvalue weighted by molar-refractivity contribution is -0.128. The van der Waals surface area contributed by atoms with E-state index in [1.807, 2.05) is 75.4 Å². The molecule has 0 fully saturated rings. The number of carbonyl (C=O) groups excluding carboxylic acids is 1. The second-order valence-electron chi connectivity index (χ2n) is 7.39. The number of ether oxygens (including phenoxy) is 3. The molecule has 0 aromatic heterocycles. The van der Waals surface area contributed by atoms with Crippen LogP contribution in [0, 0.1) is 0 Å². The molecule has 0 heterocycles. The van der Waals surface area contributed by atoms with Crippen LogP contribution in [0.4, 0.5) is 0 Å². The van der Waals surface area contributed by atoms with Crippen molar-refractivity contribution in [2.45, 2.75) is 45.9 Å². The molecule has 0 aliphatic carbocycles. The van der Waals surface area contributed by atoms with Gasteiger partial charge in [-0.2, -0.15) is 0 Å². The van der Waals surface area contributed by atoms with Crippen molar-refractivity contribution in [2.24, 2.45) is 0 Å². The summed E-state index contributed by atoms with van der Waals surface area (Å²) in [6, 6.07) is 19.6. The summed E-state index contributed by atoms with van der Waals surface area (Å²) in [7, 11) is 1.61. The minimum Gasteiger partial charge on any atom is -0.493 e. The zero-order chi connectivity index (χ0) is 21.5. The van der Waals surface area contributed by atoms with Gasteiger partial charge in [0, 0.05) is 6.54 Å². The molecule has 3 aromatic rings. The summed E-state index contributed by atoms with van der Waals surface area (Å²) in [6.45, 7) is 6.25. The standard InChI is InChI=1S/C25H29NO4/c1-5-22(30-21-12-11-19-8-6-7-9-20(19)15-21)25(27)26-16-18-10-13-23(29-17(2)3)24(14-18)28-4/h6-15,17,22H,5,16H2,1-4H3,(H,26,27)/t22-/m0/s1. The number of hydrogen-bond donors (Lipinski definition) is 1. The Balaban J connectivity index is 1.63. The monoisotopic (exact) mass is 407 g/mol. The predicted molar refractivity (Wildman–Crippen MR) is 119 cm³/mol. The van der Waals surface area contributed by atoms with Crippen molar-refractivity contribution < 1.29 is 19.0 Å². The number of amides is 1. The molecule has 0 aliphatic heterocycles. The molecule has 5 nitrogen and oxygen atoms in total. The van der Waals surface area contributed by atoms with E-state index in [2.05, 4.69) is 11.4 Å². The number of carbonyl (C=O) groups is 1. The number of methoxy groups -OCH3 is 1. The van der Waals surface area contributed by atoms with Crippen molar-refractivity contribution >= 4 is 16.7 Å². The first kappa shape index (κ1) is 21.5. The molecule has 3 rings (SSSR count). The molecule has 0 aliphatic rings. The molecule has 0 bridgehead atoms. The van der Waals surface area contributed by atoms with Gasteiger partial charge in [-0.15, -0.1) is 0 Å². The van der Waals surface area contributed by atoms with Crippen molar-refractivity contribution in [1.29, 1.82) is 0 Å². The molecule has 30 heavy (non-hydrogen) atoms. The minimum atomic E-state index is -0.559. The summed E-state index contributed by atoms with van der Waals surface area (Å²) in [5.41, 5.74) is 0.928. The van der Waals surface area contributed by atoms with Gasteiger partial charge in [-0.25, -0.2) is 0 Å². The normalized spacial score (nSPS) is 11.9. The topological polar surface area (TPSA) is 56.8 Å². The van der Waals surface area contributed by atoms with Crippen LogP contribution >= 0.6 is 0 Å². The molecule has 0 spiro atoms. The van der Waals surface area contributed by atoms with Crippen molar-refractivity contribution in [3.8, 4) is 17.2 Å². The van der Waals surface area contributed by atoms with Crippen LogP contribution in [-0.4, -0.2) is 25.2 Å². The second kappa shape index (κ2) is 10.0. The maximum absolute atomic E-state index is 12.7. The van der Waals surface area contributed by atoms with Crippen LogP contribution in [0.1, 0.15) is 32.8 Å². The van der Waals surface area contributed by atoms with E-state index in [9.17, 15) is 4.79 Å². The van der Waals surface area contributed by atoms with Crippen LogP contribution < -0.4 is 19.5 Å². The molecule has 1 atom stereocenters. The third-order valence-electron chi connectivity index (χ3n) is 4.72. The molecule has 0 saturated carbocycles. The minimum absolute atomic E-state index is 0.0574. The Morgan fingerprint density at radius 2 is 1.70 bits per heavy atom. The van der Waals surface area contributed by atoms with Gasteiger partial charge < -0.3 is 19.5 Å². The number of benzene rings is 3. The highest BCUT2D eigenvalue weighted by Gasteiger charge is 2.18. The zero-order valence-corrected chi connectivity index (χ0v) is 18.0. The van der Waals surface area contributed by atoms with Gasteiger partial charge in [-0.3, -0.25) is 4.79 Å². The Morgan fingerprint density at radius 3 is 2.40 bits per heavy atom. The molecule has 0 unspecified atom stereocenters. The molecule has 0 saturated heterocycles. The summed E-state index contributed by atoms with van der Waals surface area (Å²) in [5.74, 6) is 1.88. The van der Waals surface area contributed by atoms with Crippen molar-refractivity contribution in [3.63, 3.8) is 0 Å². The fraction of sp³-hybridized carbons (Fsp3) is 0.320. The van der Waals surface area contributed by atoms with E-state index in [0.717, 1.165) is 16.3 Å². The molecule has 1 N–H and O–H groups in total. The maximum atomic E-state index is 12.7. The fourth-order valence-corrected chi connectivity index (χ4v) is 3.20. The third-order valence-corrected chi connectivity index (χ3v) is 4.72. The lowest BCUT2D eigenvalue weighted by atomic mass is 10.1. The van der Waals surface area contributed by atoms with Crippen LogP contribution in [0.2, 0.25) is 0 Å². The average molecular weight is 408 g/mol. The van der Waals surface area contributed by atoms with Gasteiger partial charge in [0.15, 0.2) is 17.6 Å². The van der Waals surface area contributed by atoms with E-state index < -0.39 is 6.10 Å². The molecule has 0 radical (unpaired) electrons. The molecule has 3 aromatic carbocycles. The van der Waals surface area contributed by atoms with E-state index in [0.29, 0.717) is 30.2 Å². The maximum Gasteiger partial charge on any atom is 0.261 e. The second-order valence-corrected chi connectivity index (χ2v) is 7.39. The van der Waals surface area contributed by atoms with Gasteiger partial charge in [0.05, 0.1) is 13.2 Å². The number of fused-ring (bicyclic) bond motifs is 1. The van der Waals surface area contributed by atoms with E-state index in [1.165, 1.54) is 0 Å². The van der Waals surface area contributed by atoms with E-state index in [4.69, 9.17) is 14.2 Å². The van der Waals surface area contributed by atoms with Gasteiger partial charge in [-0.05, 0) is 60.9 Å². The van der Waals surface area contributed by atoms with E-state index in [-0.39, 0.29) is 12.0 Å². The predicted octanol–water partition coefficient (Wildman–Crippen LogP) is 5.11. The van der Waals surface area contributed by atoms with E-state index >= 15 is 0 Å². The Hall–Kier alpha value is -3.21. The Kier molecular flexibility index (Phi) is 7.17. The van der Waals surface area contributed by atoms with Crippen LogP contribution in [0.3, 0.4) is 0 Å². The summed E-state index contributed by atoms with van der Waals surface area (Å²) in [6.07, 6.45) is 0.0713. The van der Waals surface area contributed by atoms with Crippen molar-refractivity contribution in [2.75, 3.05) is 7.11 Å². The quantitative estimate of drug-likeness (QED) is 0.536. The Bertz CT molecular complexity index is 999. The highest BCUT2D eigenvalue weighted by molar-refractivity contribution is 5.84. The first-order chi connectivity index (χ1) is 14.5. The highest BCUT2D eigenvalue weighted by atomic mass is 16.5. The lowest BCUT2D eigenvalue weighted by Crippen LogP contribution is -2.37. The third kappa shape index (κ3) is 5.44. The number of hydrogen-bond acceptors (Lipinski definition) is 4. The lowest BCUT2D eigenvalue weighted by Gasteiger charge is -2.18. The molecular weight excluding hydrogens is 378 g/mol. The summed E-state index contributed by atoms with van der Waals surface area (Å²) < 4.78 is 17.1. The van der Waals surface area contributed by atoms with Crippen LogP contribution in [0.25, 0.3) is 10.8 Å². The van der Waals surface area contributed by atoms with Crippen LogP contribution in [0.5, 0.6) is 17.2 Å². The Labute approximate surface area is 178 Å². The highest BCUT2D eigenvalue weighted by Crippen LogP contribution is 2.29. The van der Waals surface area contributed by atoms with Crippen molar-refractivity contribution in [3.05, 3.63) is 66.2 Å². The van der Waals surface area contributed by atoms with Crippen molar-refractivity contribution in [1.82, 2.24) is 5.32 Å².